The lowest BCUT2D eigenvalue weighted by atomic mass is 10.1. The Kier molecular flexibility index (Phi) is 4.23. The highest BCUT2D eigenvalue weighted by Gasteiger charge is 2.30. The van der Waals surface area contributed by atoms with Gasteiger partial charge in [-0.3, -0.25) is 4.98 Å². The van der Waals surface area contributed by atoms with Crippen molar-refractivity contribution in [3.8, 4) is 11.1 Å². The monoisotopic (exact) mass is 369 g/mol. The van der Waals surface area contributed by atoms with Gasteiger partial charge in [0.15, 0.2) is 5.65 Å². The van der Waals surface area contributed by atoms with E-state index >= 15 is 0 Å². The maximum absolute atomic E-state index is 13.0. The summed E-state index contributed by atoms with van der Waals surface area (Å²) in [5.74, 6) is 0.597. The van der Waals surface area contributed by atoms with Gasteiger partial charge in [-0.1, -0.05) is 18.2 Å². The predicted molar refractivity (Wildman–Crippen MR) is 95.0 cm³/mol. The summed E-state index contributed by atoms with van der Waals surface area (Å²) < 4.78 is 40.5. The molecule has 8 heteroatoms. The highest BCUT2D eigenvalue weighted by Crippen LogP contribution is 2.33. The van der Waals surface area contributed by atoms with Crippen LogP contribution in [0.25, 0.3) is 16.8 Å². The van der Waals surface area contributed by atoms with Gasteiger partial charge >= 0.3 is 6.18 Å². The molecule has 1 aromatic carbocycles. The lowest BCUT2D eigenvalue weighted by Crippen LogP contribution is -2.04. The number of fused-ring (bicyclic) bond motifs is 1. The molecule has 0 spiro atoms. The minimum atomic E-state index is -4.40. The van der Waals surface area contributed by atoms with E-state index in [2.05, 4.69) is 20.4 Å². The molecule has 4 aromatic rings. The van der Waals surface area contributed by atoms with Crippen LogP contribution in [0.3, 0.4) is 0 Å². The Morgan fingerprint density at radius 3 is 2.70 bits per heavy atom. The van der Waals surface area contributed by atoms with Crippen molar-refractivity contribution in [3.63, 3.8) is 0 Å². The van der Waals surface area contributed by atoms with Crippen molar-refractivity contribution in [1.29, 1.82) is 0 Å². The van der Waals surface area contributed by atoms with Gasteiger partial charge in [0, 0.05) is 30.7 Å². The number of rotatable bonds is 4. The zero-order chi connectivity index (χ0) is 18.9. The first-order valence-corrected chi connectivity index (χ1v) is 8.15. The van der Waals surface area contributed by atoms with Crippen molar-refractivity contribution in [2.24, 2.45) is 0 Å². The standard InChI is InChI=1S/C19H14F3N5/c20-19(21,22)15-5-1-4-14(9-15)16-12-25-27-8-6-17(26-18(16)27)24-11-13-3-2-7-23-10-13/h1-10,12H,11H2,(H,24,26). The van der Waals surface area contributed by atoms with Gasteiger partial charge in [0.1, 0.15) is 5.82 Å². The molecule has 5 nitrogen and oxygen atoms in total. The fourth-order valence-electron chi connectivity index (χ4n) is 2.73. The van der Waals surface area contributed by atoms with Crippen LogP contribution < -0.4 is 5.32 Å². The molecule has 0 saturated carbocycles. The van der Waals surface area contributed by atoms with E-state index in [-0.39, 0.29) is 0 Å². The molecule has 0 atom stereocenters. The Morgan fingerprint density at radius 2 is 1.93 bits per heavy atom. The van der Waals surface area contributed by atoms with E-state index in [0.717, 1.165) is 17.7 Å². The largest absolute Gasteiger partial charge is 0.416 e. The van der Waals surface area contributed by atoms with Gasteiger partial charge in [-0.15, -0.1) is 0 Å². The van der Waals surface area contributed by atoms with Crippen molar-refractivity contribution in [3.05, 3.63) is 78.4 Å². The van der Waals surface area contributed by atoms with E-state index < -0.39 is 11.7 Å². The number of alkyl halides is 3. The lowest BCUT2D eigenvalue weighted by Gasteiger charge is -2.09. The van der Waals surface area contributed by atoms with Crippen molar-refractivity contribution in [2.75, 3.05) is 5.32 Å². The maximum Gasteiger partial charge on any atom is 0.416 e. The molecule has 0 aliphatic rings. The summed E-state index contributed by atoms with van der Waals surface area (Å²) in [5, 5.41) is 7.37. The number of anilines is 1. The summed E-state index contributed by atoms with van der Waals surface area (Å²) in [7, 11) is 0. The van der Waals surface area contributed by atoms with Crippen molar-refractivity contribution in [1.82, 2.24) is 19.6 Å². The molecule has 4 rings (SSSR count). The highest BCUT2D eigenvalue weighted by atomic mass is 19.4. The summed E-state index contributed by atoms with van der Waals surface area (Å²) >= 11 is 0. The number of pyridine rings is 1. The van der Waals surface area contributed by atoms with Gasteiger partial charge < -0.3 is 5.32 Å². The zero-order valence-electron chi connectivity index (χ0n) is 14.0. The molecule has 3 heterocycles. The van der Waals surface area contributed by atoms with Crippen LogP contribution in [0.5, 0.6) is 0 Å². The van der Waals surface area contributed by atoms with Gasteiger partial charge in [-0.25, -0.2) is 9.50 Å². The Balaban J connectivity index is 1.66. The first-order chi connectivity index (χ1) is 13.0. The molecule has 0 bridgehead atoms. The molecule has 0 radical (unpaired) electrons. The second kappa shape index (κ2) is 6.71. The van der Waals surface area contributed by atoms with Crippen LogP contribution >= 0.6 is 0 Å². The molecule has 0 saturated heterocycles. The van der Waals surface area contributed by atoms with Crippen LogP contribution in [-0.4, -0.2) is 19.6 Å². The fraction of sp³-hybridized carbons (Fsp3) is 0.105. The average molecular weight is 369 g/mol. The first-order valence-electron chi connectivity index (χ1n) is 8.15. The summed E-state index contributed by atoms with van der Waals surface area (Å²) in [6.45, 7) is 0.532. The van der Waals surface area contributed by atoms with Gasteiger partial charge in [0.2, 0.25) is 0 Å². The highest BCUT2D eigenvalue weighted by molar-refractivity contribution is 5.78. The van der Waals surface area contributed by atoms with Crippen molar-refractivity contribution in [2.45, 2.75) is 12.7 Å². The SMILES string of the molecule is FC(F)(F)c1cccc(-c2cnn3ccc(NCc4cccnc4)nc23)c1. The van der Waals surface area contributed by atoms with Crippen LogP contribution in [-0.2, 0) is 12.7 Å². The van der Waals surface area contributed by atoms with E-state index in [1.807, 2.05) is 12.1 Å². The third-order valence-electron chi connectivity index (χ3n) is 4.07. The summed E-state index contributed by atoms with van der Waals surface area (Å²) in [6.07, 6.45) is 2.27. The smallest absolute Gasteiger partial charge is 0.366 e. The minimum Gasteiger partial charge on any atom is -0.366 e. The number of benzene rings is 1. The van der Waals surface area contributed by atoms with Crippen LogP contribution in [0.15, 0.2) is 67.3 Å². The summed E-state index contributed by atoms with van der Waals surface area (Å²) in [6, 6.07) is 10.7. The predicted octanol–water partition coefficient (Wildman–Crippen LogP) is 4.42. The molecule has 0 aliphatic heterocycles. The first kappa shape index (κ1) is 17.0. The van der Waals surface area contributed by atoms with Crippen LogP contribution in [0.2, 0.25) is 0 Å². The quantitative estimate of drug-likeness (QED) is 0.579. The molecule has 136 valence electrons. The molecule has 0 fully saturated rings. The number of hydrogen-bond donors (Lipinski definition) is 1. The molecule has 3 aromatic heterocycles. The third kappa shape index (κ3) is 3.59. The summed E-state index contributed by atoms with van der Waals surface area (Å²) in [4.78, 5) is 8.56. The molecular formula is C19H14F3N5. The Morgan fingerprint density at radius 1 is 1.04 bits per heavy atom. The van der Waals surface area contributed by atoms with E-state index in [1.165, 1.54) is 16.8 Å². The lowest BCUT2D eigenvalue weighted by molar-refractivity contribution is -0.137. The van der Waals surface area contributed by atoms with Crippen LogP contribution in [0, 0.1) is 0 Å². The number of nitrogens with zero attached hydrogens (tertiary/aromatic N) is 4. The van der Waals surface area contributed by atoms with Crippen LogP contribution in [0.4, 0.5) is 19.0 Å². The van der Waals surface area contributed by atoms with E-state index in [1.54, 1.807) is 30.7 Å². The molecule has 0 aliphatic carbocycles. The maximum atomic E-state index is 13.0. The summed E-state index contributed by atoms with van der Waals surface area (Å²) in [5.41, 5.74) is 1.71. The number of nitrogens with one attached hydrogen (secondary N) is 1. The van der Waals surface area contributed by atoms with Crippen molar-refractivity contribution >= 4 is 11.5 Å². The van der Waals surface area contributed by atoms with E-state index in [0.29, 0.717) is 29.1 Å². The Bertz CT molecular complexity index is 1070. The fourth-order valence-corrected chi connectivity index (χ4v) is 2.73. The second-order valence-corrected chi connectivity index (χ2v) is 5.93. The number of aromatic nitrogens is 4. The topological polar surface area (TPSA) is 55.1 Å². The third-order valence-corrected chi connectivity index (χ3v) is 4.07. The Hall–Kier alpha value is -3.42. The average Bonchev–Trinajstić information content (AvgIpc) is 3.10. The molecule has 1 N–H and O–H groups in total. The molecule has 27 heavy (non-hydrogen) atoms. The van der Waals surface area contributed by atoms with Crippen molar-refractivity contribution < 1.29 is 13.2 Å². The number of hydrogen-bond acceptors (Lipinski definition) is 4. The van der Waals surface area contributed by atoms with E-state index in [4.69, 9.17) is 0 Å². The second-order valence-electron chi connectivity index (χ2n) is 5.93. The molecule has 0 unspecified atom stereocenters. The Labute approximate surface area is 152 Å². The zero-order valence-corrected chi connectivity index (χ0v) is 14.0. The minimum absolute atomic E-state index is 0.414. The van der Waals surface area contributed by atoms with Gasteiger partial charge in [-0.05, 0) is 35.4 Å². The van der Waals surface area contributed by atoms with Gasteiger partial charge in [0.05, 0.1) is 11.8 Å². The number of halogens is 3. The normalized spacial score (nSPS) is 11.7. The molecule has 0 amide bonds. The molecular weight excluding hydrogens is 355 g/mol. The van der Waals surface area contributed by atoms with Gasteiger partial charge in [0.25, 0.3) is 0 Å². The van der Waals surface area contributed by atoms with E-state index in [9.17, 15) is 13.2 Å². The van der Waals surface area contributed by atoms with Gasteiger partial charge in [-0.2, -0.15) is 18.3 Å². The van der Waals surface area contributed by atoms with Crippen LogP contribution in [0.1, 0.15) is 11.1 Å².